The van der Waals surface area contributed by atoms with Crippen molar-refractivity contribution in [1.29, 1.82) is 0 Å². The van der Waals surface area contributed by atoms with Crippen LogP contribution in [0.15, 0.2) is 6.07 Å². The number of hydrogen-bond acceptors (Lipinski definition) is 4. The van der Waals surface area contributed by atoms with Gasteiger partial charge in [0, 0.05) is 30.7 Å². The maximum absolute atomic E-state index is 5.96. The highest BCUT2D eigenvalue weighted by Crippen LogP contribution is 2.16. The summed E-state index contributed by atoms with van der Waals surface area (Å²) in [5, 5.41) is 0.0542. The summed E-state index contributed by atoms with van der Waals surface area (Å²) in [6, 6.07) is 1.83. The van der Waals surface area contributed by atoms with Crippen LogP contribution in [0.5, 0.6) is 5.88 Å². The van der Waals surface area contributed by atoms with Gasteiger partial charge in [0.25, 0.3) is 0 Å². The summed E-state index contributed by atoms with van der Waals surface area (Å²) in [6.07, 6.45) is 0.106. The highest BCUT2D eigenvalue weighted by atomic mass is 35.5. The fourth-order valence-electron chi connectivity index (χ4n) is 1.46. The SMILES string of the molecule is Cc1cc(OC(C)C)nc(N(C)CC(C)Cl)n1. The minimum absolute atomic E-state index is 0.0542. The molecular formula is C12H20ClN3O. The van der Waals surface area contributed by atoms with Gasteiger partial charge in [0.1, 0.15) is 0 Å². The minimum Gasteiger partial charge on any atom is -0.475 e. The van der Waals surface area contributed by atoms with Crippen molar-refractivity contribution in [3.05, 3.63) is 11.8 Å². The Balaban J connectivity index is 2.88. The third-order valence-corrected chi connectivity index (χ3v) is 2.18. The topological polar surface area (TPSA) is 38.2 Å². The molecule has 4 nitrogen and oxygen atoms in total. The predicted molar refractivity (Wildman–Crippen MR) is 71.1 cm³/mol. The van der Waals surface area contributed by atoms with Gasteiger partial charge >= 0.3 is 0 Å². The minimum atomic E-state index is 0.0542. The number of halogens is 1. The molecule has 0 N–H and O–H groups in total. The van der Waals surface area contributed by atoms with E-state index in [0.29, 0.717) is 18.4 Å². The first-order valence-corrected chi connectivity index (χ1v) is 6.19. The van der Waals surface area contributed by atoms with Crippen LogP contribution in [0.4, 0.5) is 5.95 Å². The van der Waals surface area contributed by atoms with Gasteiger partial charge in [-0.25, -0.2) is 4.98 Å². The third-order valence-electron chi connectivity index (χ3n) is 2.04. The summed E-state index contributed by atoms with van der Waals surface area (Å²) in [6.45, 7) is 8.52. The molecule has 96 valence electrons. The van der Waals surface area contributed by atoms with Crippen molar-refractivity contribution in [2.45, 2.75) is 39.2 Å². The van der Waals surface area contributed by atoms with Gasteiger partial charge in [0.05, 0.1) is 6.10 Å². The van der Waals surface area contributed by atoms with Gasteiger partial charge in [-0.05, 0) is 27.7 Å². The number of aromatic nitrogens is 2. The lowest BCUT2D eigenvalue weighted by Gasteiger charge is -2.19. The zero-order valence-corrected chi connectivity index (χ0v) is 11.8. The summed E-state index contributed by atoms with van der Waals surface area (Å²) < 4.78 is 5.58. The average Bonchev–Trinajstić information content (AvgIpc) is 2.14. The number of anilines is 1. The largest absolute Gasteiger partial charge is 0.475 e. The van der Waals surface area contributed by atoms with Crippen molar-refractivity contribution < 1.29 is 4.74 Å². The first-order valence-electron chi connectivity index (χ1n) is 5.76. The molecule has 0 aliphatic heterocycles. The molecule has 0 aromatic carbocycles. The molecule has 0 bridgehead atoms. The molecule has 1 aromatic heterocycles. The Morgan fingerprint density at radius 1 is 1.35 bits per heavy atom. The van der Waals surface area contributed by atoms with E-state index in [4.69, 9.17) is 16.3 Å². The molecule has 0 saturated carbocycles. The predicted octanol–water partition coefficient (Wildman–Crippen LogP) is 2.64. The van der Waals surface area contributed by atoms with Crippen LogP contribution in [0, 0.1) is 6.92 Å². The number of ether oxygens (including phenoxy) is 1. The van der Waals surface area contributed by atoms with E-state index in [1.165, 1.54) is 0 Å². The lowest BCUT2D eigenvalue weighted by molar-refractivity contribution is 0.232. The maximum Gasteiger partial charge on any atom is 0.228 e. The summed E-state index contributed by atoms with van der Waals surface area (Å²) in [4.78, 5) is 10.7. The molecule has 17 heavy (non-hydrogen) atoms. The molecule has 0 spiro atoms. The first-order chi connectivity index (χ1) is 7.88. The van der Waals surface area contributed by atoms with E-state index in [0.717, 1.165) is 5.69 Å². The van der Waals surface area contributed by atoms with Gasteiger partial charge in [-0.1, -0.05) is 0 Å². The van der Waals surface area contributed by atoms with E-state index in [-0.39, 0.29) is 11.5 Å². The Hall–Kier alpha value is -1.03. The molecule has 1 rings (SSSR count). The van der Waals surface area contributed by atoms with Gasteiger partial charge in [-0.3, -0.25) is 0 Å². The van der Waals surface area contributed by atoms with E-state index in [2.05, 4.69) is 9.97 Å². The molecule has 5 heteroatoms. The van der Waals surface area contributed by atoms with Crippen LogP contribution in [0.3, 0.4) is 0 Å². The quantitative estimate of drug-likeness (QED) is 0.760. The normalized spacial score (nSPS) is 12.6. The van der Waals surface area contributed by atoms with Gasteiger partial charge in [0.2, 0.25) is 11.8 Å². The van der Waals surface area contributed by atoms with Crippen molar-refractivity contribution in [2.75, 3.05) is 18.5 Å². The lowest BCUT2D eigenvalue weighted by atomic mass is 10.4. The summed E-state index contributed by atoms with van der Waals surface area (Å²) >= 11 is 5.96. The third kappa shape index (κ3) is 4.77. The fourth-order valence-corrected chi connectivity index (χ4v) is 1.66. The molecule has 1 unspecified atom stereocenters. The van der Waals surface area contributed by atoms with Gasteiger partial charge < -0.3 is 9.64 Å². The van der Waals surface area contributed by atoms with Crippen LogP contribution in [-0.4, -0.2) is 35.0 Å². The van der Waals surface area contributed by atoms with E-state index in [9.17, 15) is 0 Å². The van der Waals surface area contributed by atoms with Crippen molar-refractivity contribution in [3.63, 3.8) is 0 Å². The van der Waals surface area contributed by atoms with Crippen molar-refractivity contribution >= 4 is 17.5 Å². The van der Waals surface area contributed by atoms with Crippen molar-refractivity contribution in [3.8, 4) is 5.88 Å². The molecule has 0 radical (unpaired) electrons. The fraction of sp³-hybridized carbons (Fsp3) is 0.667. The highest BCUT2D eigenvalue weighted by molar-refractivity contribution is 6.20. The number of hydrogen-bond donors (Lipinski definition) is 0. The molecule has 0 fully saturated rings. The number of aryl methyl sites for hydroxylation is 1. The number of nitrogens with zero attached hydrogens (tertiary/aromatic N) is 3. The molecule has 1 heterocycles. The Kier molecular flexibility index (Phi) is 5.00. The summed E-state index contributed by atoms with van der Waals surface area (Å²) in [7, 11) is 1.92. The van der Waals surface area contributed by atoms with Crippen LogP contribution >= 0.6 is 11.6 Å². The van der Waals surface area contributed by atoms with Gasteiger partial charge in [-0.15, -0.1) is 11.6 Å². The van der Waals surface area contributed by atoms with Crippen molar-refractivity contribution in [2.24, 2.45) is 0 Å². The number of alkyl halides is 1. The van der Waals surface area contributed by atoms with Gasteiger partial charge in [0.15, 0.2) is 0 Å². The molecule has 1 atom stereocenters. The molecule has 0 aliphatic rings. The monoisotopic (exact) mass is 257 g/mol. The second-order valence-electron chi connectivity index (χ2n) is 4.48. The van der Waals surface area contributed by atoms with Crippen LogP contribution in [0.1, 0.15) is 26.5 Å². The van der Waals surface area contributed by atoms with Crippen LogP contribution in [0.2, 0.25) is 0 Å². The van der Waals surface area contributed by atoms with E-state index < -0.39 is 0 Å². The Morgan fingerprint density at radius 3 is 2.53 bits per heavy atom. The number of rotatable bonds is 5. The van der Waals surface area contributed by atoms with Crippen LogP contribution in [-0.2, 0) is 0 Å². The Morgan fingerprint density at radius 2 is 2.00 bits per heavy atom. The van der Waals surface area contributed by atoms with Crippen LogP contribution in [0.25, 0.3) is 0 Å². The van der Waals surface area contributed by atoms with Gasteiger partial charge in [-0.2, -0.15) is 4.98 Å². The first kappa shape index (κ1) is 14.0. The molecular weight excluding hydrogens is 238 g/mol. The maximum atomic E-state index is 5.96. The summed E-state index contributed by atoms with van der Waals surface area (Å²) in [5.74, 6) is 1.25. The average molecular weight is 258 g/mol. The zero-order chi connectivity index (χ0) is 13.0. The molecule has 0 aliphatic carbocycles. The van der Waals surface area contributed by atoms with Crippen LogP contribution < -0.4 is 9.64 Å². The second-order valence-corrected chi connectivity index (χ2v) is 5.22. The van der Waals surface area contributed by atoms with E-state index in [1.54, 1.807) is 0 Å². The lowest BCUT2D eigenvalue weighted by Crippen LogP contribution is -2.26. The smallest absolute Gasteiger partial charge is 0.228 e. The van der Waals surface area contributed by atoms with Crippen molar-refractivity contribution in [1.82, 2.24) is 9.97 Å². The Bertz CT molecular complexity index is 369. The van der Waals surface area contributed by atoms with E-state index in [1.807, 2.05) is 45.7 Å². The summed E-state index contributed by atoms with van der Waals surface area (Å²) in [5.41, 5.74) is 0.889. The highest BCUT2D eigenvalue weighted by Gasteiger charge is 2.10. The zero-order valence-electron chi connectivity index (χ0n) is 11.1. The second kappa shape index (κ2) is 6.05. The standard InChI is InChI=1S/C12H20ClN3O/c1-8(2)17-11-6-10(4)14-12(15-11)16(5)7-9(3)13/h6,8-9H,7H2,1-5H3. The molecule has 0 amide bonds. The van der Waals surface area contributed by atoms with E-state index >= 15 is 0 Å². The Labute approximate surface area is 108 Å². The molecule has 0 saturated heterocycles. The molecule has 1 aromatic rings.